The van der Waals surface area contributed by atoms with E-state index in [1.54, 1.807) is 0 Å². The molecule has 0 radical (unpaired) electrons. The predicted molar refractivity (Wildman–Crippen MR) is 69.2 cm³/mol. The van der Waals surface area contributed by atoms with Crippen molar-refractivity contribution in [1.29, 1.82) is 0 Å². The molecule has 0 aromatic carbocycles. The van der Waals surface area contributed by atoms with Crippen LogP contribution in [-0.2, 0) is 4.79 Å². The van der Waals surface area contributed by atoms with Gasteiger partial charge >= 0.3 is 5.97 Å². The lowest BCUT2D eigenvalue weighted by Gasteiger charge is -2.32. The zero-order valence-corrected chi connectivity index (χ0v) is 11.2. The van der Waals surface area contributed by atoms with Gasteiger partial charge in [0.15, 0.2) is 0 Å². The molecule has 4 nitrogen and oxygen atoms in total. The van der Waals surface area contributed by atoms with Gasteiger partial charge in [0.1, 0.15) is 0 Å². The van der Waals surface area contributed by atoms with Crippen molar-refractivity contribution >= 4 is 5.97 Å². The molecule has 0 amide bonds. The van der Waals surface area contributed by atoms with E-state index >= 15 is 0 Å². The third kappa shape index (κ3) is 6.64. The van der Waals surface area contributed by atoms with E-state index in [0.717, 1.165) is 26.1 Å². The molecule has 0 spiro atoms. The zero-order valence-electron chi connectivity index (χ0n) is 11.2. The summed E-state index contributed by atoms with van der Waals surface area (Å²) >= 11 is 0. The molecule has 1 aliphatic heterocycles. The number of carboxylic acid groups (broad SMARTS) is 1. The summed E-state index contributed by atoms with van der Waals surface area (Å²) in [6.45, 7) is 4.64. The van der Waals surface area contributed by atoms with Gasteiger partial charge in [-0.2, -0.15) is 0 Å². The first-order valence-electron chi connectivity index (χ1n) is 6.67. The molecule has 1 saturated heterocycles. The van der Waals surface area contributed by atoms with E-state index in [1.165, 1.54) is 25.8 Å². The van der Waals surface area contributed by atoms with Crippen LogP contribution in [0.5, 0.6) is 0 Å². The maximum atomic E-state index is 10.5. The average molecular weight is 242 g/mol. The van der Waals surface area contributed by atoms with Gasteiger partial charge in [0.05, 0.1) is 0 Å². The van der Waals surface area contributed by atoms with Gasteiger partial charge in [0, 0.05) is 6.42 Å². The zero-order chi connectivity index (χ0) is 12.7. The lowest BCUT2D eigenvalue weighted by atomic mass is 9.92. The molecule has 4 heteroatoms. The van der Waals surface area contributed by atoms with Crippen LogP contribution in [0.25, 0.3) is 0 Å². The van der Waals surface area contributed by atoms with Crippen LogP contribution in [0, 0.1) is 5.92 Å². The van der Waals surface area contributed by atoms with Crippen LogP contribution in [0.3, 0.4) is 0 Å². The van der Waals surface area contributed by atoms with Crippen LogP contribution in [0.15, 0.2) is 0 Å². The Morgan fingerprint density at radius 3 is 2.53 bits per heavy atom. The molecule has 0 aromatic heterocycles. The standard InChI is InChI=1S/C13H26N2O2/c1-14(2)8-3-9-15-10-6-12(7-11-15)4-5-13(16)17/h12H,3-11H2,1-2H3,(H,16,17). The molecule has 1 rings (SSSR count). The van der Waals surface area contributed by atoms with Gasteiger partial charge in [-0.15, -0.1) is 0 Å². The summed E-state index contributed by atoms with van der Waals surface area (Å²) < 4.78 is 0. The van der Waals surface area contributed by atoms with Crippen molar-refractivity contribution in [2.75, 3.05) is 40.3 Å². The SMILES string of the molecule is CN(C)CCCN1CCC(CCC(=O)O)CC1. The molecule has 0 unspecified atom stereocenters. The first kappa shape index (κ1) is 14.5. The second-order valence-electron chi connectivity index (χ2n) is 5.37. The molecule has 1 aliphatic rings. The lowest BCUT2D eigenvalue weighted by Crippen LogP contribution is -2.35. The Morgan fingerprint density at radius 1 is 1.35 bits per heavy atom. The third-order valence-electron chi connectivity index (χ3n) is 3.55. The van der Waals surface area contributed by atoms with Gasteiger partial charge in [-0.25, -0.2) is 0 Å². The van der Waals surface area contributed by atoms with Crippen LogP contribution < -0.4 is 0 Å². The highest BCUT2D eigenvalue weighted by molar-refractivity contribution is 5.66. The van der Waals surface area contributed by atoms with Gasteiger partial charge in [-0.05, 0) is 71.9 Å². The molecule has 0 aromatic rings. The van der Waals surface area contributed by atoms with Crippen molar-refractivity contribution in [1.82, 2.24) is 9.80 Å². The molecule has 0 saturated carbocycles. The number of hydrogen-bond acceptors (Lipinski definition) is 3. The number of rotatable bonds is 7. The highest BCUT2D eigenvalue weighted by atomic mass is 16.4. The highest BCUT2D eigenvalue weighted by Gasteiger charge is 2.19. The predicted octanol–water partition coefficient (Wildman–Crippen LogP) is 1.51. The average Bonchev–Trinajstić information content (AvgIpc) is 2.27. The maximum Gasteiger partial charge on any atom is 0.303 e. The largest absolute Gasteiger partial charge is 0.481 e. The van der Waals surface area contributed by atoms with E-state index in [4.69, 9.17) is 5.11 Å². The Kier molecular flexibility index (Phi) is 6.52. The summed E-state index contributed by atoms with van der Waals surface area (Å²) in [5, 5.41) is 8.65. The topological polar surface area (TPSA) is 43.8 Å². The number of nitrogens with zero attached hydrogens (tertiary/aromatic N) is 2. The van der Waals surface area contributed by atoms with E-state index in [-0.39, 0.29) is 0 Å². The van der Waals surface area contributed by atoms with Crippen LogP contribution in [0.2, 0.25) is 0 Å². The Labute approximate surface area is 105 Å². The molecular formula is C13H26N2O2. The van der Waals surface area contributed by atoms with E-state index in [1.807, 2.05) is 0 Å². The van der Waals surface area contributed by atoms with E-state index in [0.29, 0.717) is 12.3 Å². The number of carboxylic acids is 1. The molecule has 17 heavy (non-hydrogen) atoms. The number of carbonyl (C=O) groups is 1. The highest BCUT2D eigenvalue weighted by Crippen LogP contribution is 2.21. The first-order valence-corrected chi connectivity index (χ1v) is 6.67. The molecule has 0 aliphatic carbocycles. The fraction of sp³-hybridized carbons (Fsp3) is 0.923. The quantitative estimate of drug-likeness (QED) is 0.735. The smallest absolute Gasteiger partial charge is 0.303 e. The van der Waals surface area contributed by atoms with Crippen molar-refractivity contribution in [2.24, 2.45) is 5.92 Å². The number of hydrogen-bond donors (Lipinski definition) is 1. The van der Waals surface area contributed by atoms with Crippen molar-refractivity contribution in [3.63, 3.8) is 0 Å². The molecule has 100 valence electrons. The summed E-state index contributed by atoms with van der Waals surface area (Å²) in [4.78, 5) is 15.2. The van der Waals surface area contributed by atoms with Crippen molar-refractivity contribution in [3.05, 3.63) is 0 Å². The molecule has 0 atom stereocenters. The Bertz CT molecular complexity index is 223. The Balaban J connectivity index is 2.07. The van der Waals surface area contributed by atoms with Gasteiger partial charge in [0.25, 0.3) is 0 Å². The van der Waals surface area contributed by atoms with E-state index in [2.05, 4.69) is 23.9 Å². The third-order valence-corrected chi connectivity index (χ3v) is 3.55. The first-order chi connectivity index (χ1) is 8.08. The maximum absolute atomic E-state index is 10.5. The summed E-state index contributed by atoms with van der Waals surface area (Å²) in [7, 11) is 4.22. The molecular weight excluding hydrogens is 216 g/mol. The Hall–Kier alpha value is -0.610. The van der Waals surface area contributed by atoms with Crippen molar-refractivity contribution in [3.8, 4) is 0 Å². The second kappa shape index (κ2) is 7.67. The van der Waals surface area contributed by atoms with E-state index < -0.39 is 5.97 Å². The van der Waals surface area contributed by atoms with Gasteiger partial charge < -0.3 is 14.9 Å². The van der Waals surface area contributed by atoms with Gasteiger partial charge in [-0.3, -0.25) is 4.79 Å². The van der Waals surface area contributed by atoms with Crippen LogP contribution in [0.1, 0.15) is 32.1 Å². The minimum atomic E-state index is -0.654. The summed E-state index contributed by atoms with van der Waals surface area (Å²) in [6, 6.07) is 0. The van der Waals surface area contributed by atoms with Gasteiger partial charge in [-0.1, -0.05) is 0 Å². The van der Waals surface area contributed by atoms with Crippen LogP contribution in [-0.4, -0.2) is 61.2 Å². The fourth-order valence-corrected chi connectivity index (χ4v) is 2.44. The fourth-order valence-electron chi connectivity index (χ4n) is 2.44. The van der Waals surface area contributed by atoms with Crippen molar-refractivity contribution in [2.45, 2.75) is 32.1 Å². The summed E-state index contributed by atoms with van der Waals surface area (Å²) in [6.07, 6.45) is 4.78. The molecule has 1 N–H and O–H groups in total. The summed E-state index contributed by atoms with van der Waals surface area (Å²) in [5.41, 5.74) is 0. The van der Waals surface area contributed by atoms with Crippen molar-refractivity contribution < 1.29 is 9.90 Å². The van der Waals surface area contributed by atoms with Crippen LogP contribution in [0.4, 0.5) is 0 Å². The van der Waals surface area contributed by atoms with E-state index in [9.17, 15) is 4.79 Å². The normalized spacial score (nSPS) is 18.8. The summed E-state index contributed by atoms with van der Waals surface area (Å²) in [5.74, 6) is -0.0189. The number of aliphatic carboxylic acids is 1. The molecule has 1 fully saturated rings. The van der Waals surface area contributed by atoms with Crippen LogP contribution >= 0.6 is 0 Å². The minimum Gasteiger partial charge on any atom is -0.481 e. The number of likely N-dealkylation sites (tertiary alicyclic amines) is 1. The lowest BCUT2D eigenvalue weighted by molar-refractivity contribution is -0.137. The second-order valence-corrected chi connectivity index (χ2v) is 5.37. The molecule has 0 bridgehead atoms. The molecule has 1 heterocycles. The Morgan fingerprint density at radius 2 is 2.00 bits per heavy atom. The monoisotopic (exact) mass is 242 g/mol. The number of piperidine rings is 1. The minimum absolute atomic E-state index is 0.339. The van der Waals surface area contributed by atoms with Gasteiger partial charge in [0.2, 0.25) is 0 Å².